The second-order valence-electron chi connectivity index (χ2n) is 3.89. The van der Waals surface area contributed by atoms with Gasteiger partial charge in [-0.2, -0.15) is 5.26 Å². The summed E-state index contributed by atoms with van der Waals surface area (Å²) in [5, 5.41) is 14.4. The first-order valence-electron chi connectivity index (χ1n) is 4.88. The summed E-state index contributed by atoms with van der Waals surface area (Å²) in [4.78, 5) is 11.8. The lowest BCUT2D eigenvalue weighted by molar-refractivity contribution is -0.122. The van der Waals surface area contributed by atoms with Crippen LogP contribution in [0.3, 0.4) is 0 Å². The molecule has 0 bridgehead atoms. The van der Waals surface area contributed by atoms with E-state index in [2.05, 4.69) is 10.6 Å². The van der Waals surface area contributed by atoms with Crippen LogP contribution in [-0.4, -0.2) is 23.0 Å². The van der Waals surface area contributed by atoms with Crippen LogP contribution in [0.5, 0.6) is 0 Å². The lowest BCUT2D eigenvalue weighted by Gasteiger charge is -2.16. The largest absolute Gasteiger partial charge is 0.376 e. The highest BCUT2D eigenvalue weighted by molar-refractivity contribution is 7.80. The van der Waals surface area contributed by atoms with Gasteiger partial charge in [-0.05, 0) is 27.7 Å². The van der Waals surface area contributed by atoms with E-state index in [0.717, 1.165) is 0 Å². The van der Waals surface area contributed by atoms with E-state index >= 15 is 0 Å². The zero-order valence-corrected chi connectivity index (χ0v) is 10.3. The van der Waals surface area contributed by atoms with Crippen molar-refractivity contribution in [1.29, 1.82) is 5.26 Å². The summed E-state index contributed by atoms with van der Waals surface area (Å²) in [7, 11) is 0. The lowest BCUT2D eigenvalue weighted by Crippen LogP contribution is -2.43. The summed E-state index contributed by atoms with van der Waals surface area (Å²) in [5.41, 5.74) is 0. The third-order valence-corrected chi connectivity index (χ3v) is 1.87. The average molecular weight is 227 g/mol. The van der Waals surface area contributed by atoms with Crippen LogP contribution in [-0.2, 0) is 4.79 Å². The standard InChI is InChI=1S/C10H17N3OS/c1-6(2)12-9(14)8(5-11)10(15)13-7(3)4/h6-8H,1-4H3,(H,12,14)(H,13,15). The SMILES string of the molecule is CC(C)NC(=O)C(C#N)C(=S)NC(C)C. The summed E-state index contributed by atoms with van der Waals surface area (Å²) in [6.07, 6.45) is 0. The van der Waals surface area contributed by atoms with Gasteiger partial charge in [-0.3, -0.25) is 4.79 Å². The molecule has 0 spiro atoms. The van der Waals surface area contributed by atoms with Crippen molar-refractivity contribution in [2.24, 2.45) is 5.92 Å². The zero-order valence-electron chi connectivity index (χ0n) is 9.50. The van der Waals surface area contributed by atoms with Crippen LogP contribution in [0, 0.1) is 17.2 Å². The van der Waals surface area contributed by atoms with Gasteiger partial charge in [-0.1, -0.05) is 12.2 Å². The Morgan fingerprint density at radius 3 is 2.00 bits per heavy atom. The quantitative estimate of drug-likeness (QED) is 0.703. The van der Waals surface area contributed by atoms with Crippen LogP contribution in [0.25, 0.3) is 0 Å². The van der Waals surface area contributed by atoms with Crippen molar-refractivity contribution in [3.8, 4) is 6.07 Å². The van der Waals surface area contributed by atoms with Gasteiger partial charge in [-0.25, -0.2) is 0 Å². The maximum Gasteiger partial charge on any atom is 0.244 e. The number of thiocarbonyl (C=S) groups is 1. The number of nitrogens with zero attached hydrogens (tertiary/aromatic N) is 1. The van der Waals surface area contributed by atoms with Crippen LogP contribution in [0.15, 0.2) is 0 Å². The Morgan fingerprint density at radius 2 is 1.67 bits per heavy atom. The maximum absolute atomic E-state index is 11.5. The molecule has 84 valence electrons. The summed E-state index contributed by atoms with van der Waals surface area (Å²) in [6.45, 7) is 7.48. The molecule has 0 aromatic rings. The fourth-order valence-electron chi connectivity index (χ4n) is 0.972. The molecule has 1 amide bonds. The molecule has 4 nitrogen and oxygen atoms in total. The second-order valence-corrected chi connectivity index (χ2v) is 4.33. The minimum absolute atomic E-state index is 0.00944. The molecular formula is C10H17N3OS. The molecule has 0 saturated heterocycles. The van der Waals surface area contributed by atoms with E-state index in [9.17, 15) is 4.79 Å². The van der Waals surface area contributed by atoms with Gasteiger partial charge in [0, 0.05) is 12.1 Å². The zero-order chi connectivity index (χ0) is 12.0. The highest BCUT2D eigenvalue weighted by Crippen LogP contribution is 1.99. The third-order valence-electron chi connectivity index (χ3n) is 1.52. The smallest absolute Gasteiger partial charge is 0.244 e. The van der Waals surface area contributed by atoms with Crippen LogP contribution in [0.2, 0.25) is 0 Å². The van der Waals surface area contributed by atoms with Crippen molar-refractivity contribution < 1.29 is 4.79 Å². The molecule has 0 heterocycles. The topological polar surface area (TPSA) is 64.9 Å². The number of hydrogen-bond donors (Lipinski definition) is 2. The molecule has 0 aliphatic carbocycles. The first-order chi connectivity index (χ1) is 6.88. The Hall–Kier alpha value is -1.15. The summed E-state index contributed by atoms with van der Waals surface area (Å²) < 4.78 is 0. The molecule has 0 aliphatic rings. The molecule has 1 atom stereocenters. The molecule has 1 unspecified atom stereocenters. The van der Waals surface area contributed by atoms with Crippen molar-refractivity contribution in [2.45, 2.75) is 39.8 Å². The first-order valence-corrected chi connectivity index (χ1v) is 5.29. The highest BCUT2D eigenvalue weighted by Gasteiger charge is 2.23. The van der Waals surface area contributed by atoms with Crippen molar-refractivity contribution in [2.75, 3.05) is 0 Å². The Bertz CT molecular complexity index is 259. The molecule has 0 saturated carbocycles. The number of nitriles is 1. The van der Waals surface area contributed by atoms with Crippen LogP contribution in [0.4, 0.5) is 0 Å². The minimum Gasteiger partial charge on any atom is -0.376 e. The van der Waals surface area contributed by atoms with Gasteiger partial charge in [-0.15, -0.1) is 0 Å². The molecule has 0 rings (SSSR count). The van der Waals surface area contributed by atoms with Crippen molar-refractivity contribution in [1.82, 2.24) is 10.6 Å². The van der Waals surface area contributed by atoms with E-state index in [1.165, 1.54) is 0 Å². The average Bonchev–Trinajstić information content (AvgIpc) is 2.01. The van der Waals surface area contributed by atoms with Gasteiger partial charge in [0.25, 0.3) is 0 Å². The van der Waals surface area contributed by atoms with Gasteiger partial charge in [0.2, 0.25) is 5.91 Å². The Morgan fingerprint density at radius 1 is 1.20 bits per heavy atom. The number of carbonyl (C=O) groups is 1. The number of nitrogens with one attached hydrogen (secondary N) is 2. The van der Waals surface area contributed by atoms with E-state index < -0.39 is 5.92 Å². The lowest BCUT2D eigenvalue weighted by atomic mass is 10.1. The molecule has 15 heavy (non-hydrogen) atoms. The fraction of sp³-hybridized carbons (Fsp3) is 0.700. The molecule has 2 N–H and O–H groups in total. The number of rotatable bonds is 4. The van der Waals surface area contributed by atoms with Crippen molar-refractivity contribution in [3.63, 3.8) is 0 Å². The normalized spacial score (nSPS) is 12.1. The molecule has 0 fully saturated rings. The molecular weight excluding hydrogens is 210 g/mol. The first kappa shape index (κ1) is 13.8. The molecule has 0 aromatic carbocycles. The van der Waals surface area contributed by atoms with E-state index in [1.807, 2.05) is 33.8 Å². The van der Waals surface area contributed by atoms with Crippen molar-refractivity contribution >= 4 is 23.1 Å². The fourth-order valence-corrected chi connectivity index (χ4v) is 1.37. The second kappa shape index (κ2) is 6.36. The molecule has 0 aliphatic heterocycles. The minimum atomic E-state index is -0.898. The molecule has 0 aromatic heterocycles. The number of amides is 1. The highest BCUT2D eigenvalue weighted by atomic mass is 32.1. The van der Waals surface area contributed by atoms with Gasteiger partial charge < -0.3 is 10.6 Å². The predicted octanol–water partition coefficient (Wildman–Crippen LogP) is 0.976. The van der Waals surface area contributed by atoms with Gasteiger partial charge in [0.1, 0.15) is 4.99 Å². The predicted molar refractivity (Wildman–Crippen MR) is 63.3 cm³/mol. The van der Waals surface area contributed by atoms with E-state index in [1.54, 1.807) is 0 Å². The Labute approximate surface area is 96.0 Å². The van der Waals surface area contributed by atoms with Gasteiger partial charge in [0.05, 0.1) is 6.07 Å². The number of hydrogen-bond acceptors (Lipinski definition) is 3. The summed E-state index contributed by atoms with van der Waals surface area (Å²) in [6, 6.07) is 2.03. The van der Waals surface area contributed by atoms with E-state index in [-0.39, 0.29) is 23.0 Å². The Balaban J connectivity index is 4.43. The monoisotopic (exact) mass is 227 g/mol. The Kier molecular flexibility index (Phi) is 5.87. The van der Waals surface area contributed by atoms with Crippen LogP contribution in [0.1, 0.15) is 27.7 Å². The molecule has 0 radical (unpaired) electrons. The van der Waals surface area contributed by atoms with E-state index in [0.29, 0.717) is 0 Å². The maximum atomic E-state index is 11.5. The summed E-state index contributed by atoms with van der Waals surface area (Å²) >= 11 is 4.99. The van der Waals surface area contributed by atoms with Gasteiger partial charge in [0.15, 0.2) is 5.92 Å². The number of carbonyl (C=O) groups excluding carboxylic acids is 1. The van der Waals surface area contributed by atoms with E-state index in [4.69, 9.17) is 17.5 Å². The van der Waals surface area contributed by atoms with Crippen LogP contribution >= 0.6 is 12.2 Å². The molecule has 5 heteroatoms. The van der Waals surface area contributed by atoms with Gasteiger partial charge >= 0.3 is 0 Å². The summed E-state index contributed by atoms with van der Waals surface area (Å²) in [5.74, 6) is -1.24. The van der Waals surface area contributed by atoms with Crippen molar-refractivity contribution in [3.05, 3.63) is 0 Å². The van der Waals surface area contributed by atoms with Crippen LogP contribution < -0.4 is 10.6 Å². The third kappa shape index (κ3) is 5.33.